The fourth-order valence-electron chi connectivity index (χ4n) is 2.83. The van der Waals surface area contributed by atoms with Gasteiger partial charge in [-0.15, -0.1) is 0 Å². The van der Waals surface area contributed by atoms with Gasteiger partial charge >= 0.3 is 0 Å². The van der Waals surface area contributed by atoms with Crippen molar-refractivity contribution in [3.63, 3.8) is 0 Å². The number of pyridine rings is 1. The first-order valence-electron chi connectivity index (χ1n) is 8.16. The van der Waals surface area contributed by atoms with Crippen molar-refractivity contribution in [1.29, 1.82) is 0 Å². The summed E-state index contributed by atoms with van der Waals surface area (Å²) in [6.45, 7) is -0.103. The number of rotatable bonds is 3. The molecule has 0 radical (unpaired) electrons. The topological polar surface area (TPSA) is 63.5 Å². The minimum atomic E-state index is -0.735. The smallest absolute Gasteiger partial charge is 0.265 e. The van der Waals surface area contributed by atoms with E-state index in [4.69, 9.17) is 0 Å². The molecule has 2 aromatic carbocycles. The van der Waals surface area contributed by atoms with E-state index in [1.807, 2.05) is 0 Å². The highest BCUT2D eigenvalue weighted by Crippen LogP contribution is 2.11. The quantitative estimate of drug-likeness (QED) is 0.568. The molecule has 0 aliphatic carbocycles. The Morgan fingerprint density at radius 2 is 1.89 bits per heavy atom. The van der Waals surface area contributed by atoms with Crippen molar-refractivity contribution in [2.45, 2.75) is 6.54 Å². The van der Waals surface area contributed by atoms with Crippen LogP contribution in [-0.2, 0) is 6.54 Å². The molecule has 4 rings (SSSR count). The molecule has 5 nitrogen and oxygen atoms in total. The summed E-state index contributed by atoms with van der Waals surface area (Å²) in [5.74, 6) is -1.91. The van der Waals surface area contributed by atoms with E-state index < -0.39 is 17.5 Å². The molecule has 4 aromatic rings. The largest absolute Gasteiger partial charge is 0.348 e. The maximum Gasteiger partial charge on any atom is 0.265 e. The van der Waals surface area contributed by atoms with E-state index in [0.717, 1.165) is 12.1 Å². The zero-order valence-electron chi connectivity index (χ0n) is 13.9. The second-order valence-electron chi connectivity index (χ2n) is 6.00. The van der Waals surface area contributed by atoms with Crippen LogP contribution in [0.1, 0.15) is 15.9 Å². The van der Waals surface area contributed by atoms with Gasteiger partial charge in [0.15, 0.2) is 0 Å². The molecule has 27 heavy (non-hydrogen) atoms. The van der Waals surface area contributed by atoms with Gasteiger partial charge in [-0.1, -0.05) is 18.2 Å². The number of para-hydroxylation sites is 1. The van der Waals surface area contributed by atoms with Crippen LogP contribution in [0, 0.1) is 11.6 Å². The van der Waals surface area contributed by atoms with E-state index in [9.17, 15) is 18.4 Å². The summed E-state index contributed by atoms with van der Waals surface area (Å²) in [7, 11) is 0. The Labute approximate surface area is 151 Å². The van der Waals surface area contributed by atoms with E-state index in [0.29, 0.717) is 16.6 Å². The molecular formula is C20H13F2N3O2. The van der Waals surface area contributed by atoms with Crippen molar-refractivity contribution >= 4 is 22.5 Å². The van der Waals surface area contributed by atoms with E-state index in [2.05, 4.69) is 10.3 Å². The number of benzene rings is 2. The molecule has 134 valence electrons. The molecule has 1 amide bonds. The van der Waals surface area contributed by atoms with Gasteiger partial charge < -0.3 is 5.32 Å². The van der Waals surface area contributed by atoms with Crippen molar-refractivity contribution in [3.8, 4) is 0 Å². The maximum absolute atomic E-state index is 13.7. The van der Waals surface area contributed by atoms with Crippen molar-refractivity contribution in [2.75, 3.05) is 0 Å². The SMILES string of the molecule is O=C(NCc1ccc(F)cc1F)c1ccc2nc3ccccc3c(=O)n2c1. The van der Waals surface area contributed by atoms with Crippen LogP contribution >= 0.6 is 0 Å². The molecule has 0 unspecified atom stereocenters. The van der Waals surface area contributed by atoms with Crippen LogP contribution in [0.4, 0.5) is 8.78 Å². The van der Waals surface area contributed by atoms with Gasteiger partial charge in [-0.3, -0.25) is 14.0 Å². The monoisotopic (exact) mass is 365 g/mol. The fourth-order valence-corrected chi connectivity index (χ4v) is 2.83. The van der Waals surface area contributed by atoms with Crippen LogP contribution < -0.4 is 10.9 Å². The van der Waals surface area contributed by atoms with Crippen molar-refractivity contribution in [2.24, 2.45) is 0 Å². The number of hydrogen-bond donors (Lipinski definition) is 1. The second-order valence-corrected chi connectivity index (χ2v) is 6.00. The fraction of sp³-hybridized carbons (Fsp3) is 0.0500. The third-order valence-electron chi connectivity index (χ3n) is 4.23. The molecule has 0 aliphatic rings. The second kappa shape index (κ2) is 6.60. The third kappa shape index (κ3) is 3.15. The van der Waals surface area contributed by atoms with Gasteiger partial charge in [-0.2, -0.15) is 0 Å². The summed E-state index contributed by atoms with van der Waals surface area (Å²) in [4.78, 5) is 29.4. The molecule has 0 saturated carbocycles. The number of hydrogen-bond acceptors (Lipinski definition) is 3. The van der Waals surface area contributed by atoms with Gasteiger partial charge in [0, 0.05) is 24.4 Å². The highest BCUT2D eigenvalue weighted by molar-refractivity contribution is 5.94. The average Bonchev–Trinajstić information content (AvgIpc) is 2.67. The van der Waals surface area contributed by atoms with Gasteiger partial charge in [0.2, 0.25) is 0 Å². The van der Waals surface area contributed by atoms with Gasteiger partial charge in [0.25, 0.3) is 11.5 Å². The number of nitrogens with zero attached hydrogens (tertiary/aromatic N) is 2. The number of fused-ring (bicyclic) bond motifs is 2. The Morgan fingerprint density at radius 3 is 2.70 bits per heavy atom. The van der Waals surface area contributed by atoms with Crippen LogP contribution in [0.3, 0.4) is 0 Å². The number of amides is 1. The summed E-state index contributed by atoms with van der Waals surface area (Å²) < 4.78 is 27.9. The average molecular weight is 365 g/mol. The minimum Gasteiger partial charge on any atom is -0.348 e. The summed E-state index contributed by atoms with van der Waals surface area (Å²) in [5, 5.41) is 3.01. The molecule has 0 saturated heterocycles. The summed E-state index contributed by atoms with van der Waals surface area (Å²) in [6, 6.07) is 13.2. The van der Waals surface area contributed by atoms with Gasteiger partial charge in [0.1, 0.15) is 17.3 Å². The highest BCUT2D eigenvalue weighted by atomic mass is 19.1. The Morgan fingerprint density at radius 1 is 1.07 bits per heavy atom. The zero-order valence-corrected chi connectivity index (χ0v) is 13.9. The zero-order chi connectivity index (χ0) is 19.0. The van der Waals surface area contributed by atoms with Crippen LogP contribution in [0.15, 0.2) is 65.6 Å². The maximum atomic E-state index is 13.7. The molecular weight excluding hydrogens is 352 g/mol. The predicted molar refractivity (Wildman–Crippen MR) is 96.5 cm³/mol. The third-order valence-corrected chi connectivity index (χ3v) is 4.23. The van der Waals surface area contributed by atoms with Crippen LogP contribution in [0.2, 0.25) is 0 Å². The molecule has 0 spiro atoms. The first kappa shape index (κ1) is 16.8. The van der Waals surface area contributed by atoms with Crippen molar-refractivity contribution in [1.82, 2.24) is 14.7 Å². The van der Waals surface area contributed by atoms with Crippen LogP contribution in [0.25, 0.3) is 16.6 Å². The summed E-state index contributed by atoms with van der Waals surface area (Å²) >= 11 is 0. The van der Waals surface area contributed by atoms with Crippen molar-refractivity contribution in [3.05, 3.63) is 93.9 Å². The Balaban J connectivity index is 1.65. The number of nitrogens with one attached hydrogen (secondary N) is 1. The minimum absolute atomic E-state index is 0.103. The number of aromatic nitrogens is 2. The predicted octanol–water partition coefficient (Wildman–Crippen LogP) is 3.06. The molecule has 0 atom stereocenters. The van der Waals surface area contributed by atoms with Crippen LogP contribution in [-0.4, -0.2) is 15.3 Å². The first-order chi connectivity index (χ1) is 13.0. The Hall–Kier alpha value is -3.61. The standard InChI is InChI=1S/C20H13F2N3O2/c21-14-7-5-12(16(22)9-14)10-23-19(26)13-6-8-18-24-17-4-2-1-3-15(17)20(27)25(18)11-13/h1-9,11H,10H2,(H,23,26). The Kier molecular flexibility index (Phi) is 4.12. The molecule has 0 fully saturated rings. The van der Waals surface area contributed by atoms with E-state index in [1.165, 1.54) is 22.7 Å². The van der Waals surface area contributed by atoms with Crippen molar-refractivity contribution < 1.29 is 13.6 Å². The molecule has 2 aromatic heterocycles. The van der Waals surface area contributed by atoms with Gasteiger partial charge in [-0.05, 0) is 30.3 Å². The Bertz CT molecular complexity index is 1250. The first-order valence-corrected chi connectivity index (χ1v) is 8.16. The molecule has 1 N–H and O–H groups in total. The van der Waals surface area contributed by atoms with Gasteiger partial charge in [0.05, 0.1) is 16.5 Å². The van der Waals surface area contributed by atoms with Crippen LogP contribution in [0.5, 0.6) is 0 Å². The van der Waals surface area contributed by atoms with E-state index in [1.54, 1.807) is 30.3 Å². The lowest BCUT2D eigenvalue weighted by molar-refractivity contribution is 0.0950. The number of carbonyl (C=O) groups is 1. The number of carbonyl (C=O) groups excluding carboxylic acids is 1. The normalized spacial score (nSPS) is 11.0. The lowest BCUT2D eigenvalue weighted by atomic mass is 10.2. The van der Waals surface area contributed by atoms with E-state index >= 15 is 0 Å². The molecule has 0 aliphatic heterocycles. The molecule has 7 heteroatoms. The van der Waals surface area contributed by atoms with Gasteiger partial charge in [-0.25, -0.2) is 13.8 Å². The lowest BCUT2D eigenvalue weighted by Gasteiger charge is -2.08. The molecule has 2 heterocycles. The van der Waals surface area contributed by atoms with E-state index in [-0.39, 0.29) is 23.2 Å². The summed E-state index contributed by atoms with van der Waals surface area (Å²) in [6.07, 6.45) is 1.40. The number of halogens is 2. The highest BCUT2D eigenvalue weighted by Gasteiger charge is 2.11. The summed E-state index contributed by atoms with van der Waals surface area (Å²) in [5.41, 5.74) is 1.10. The molecule has 0 bridgehead atoms. The lowest BCUT2D eigenvalue weighted by Crippen LogP contribution is -2.25.